The topological polar surface area (TPSA) is 39.1 Å². The number of hydrogen-bond acceptors (Lipinski definition) is 3. The lowest BCUT2D eigenvalue weighted by Gasteiger charge is -2.10. The van der Waals surface area contributed by atoms with Crippen LogP contribution in [0.25, 0.3) is 11.0 Å². The molecule has 4 nitrogen and oxygen atoms in total. The van der Waals surface area contributed by atoms with Crippen molar-refractivity contribution in [2.45, 2.75) is 39.2 Å². The molecule has 21 heavy (non-hydrogen) atoms. The highest BCUT2D eigenvalue weighted by Crippen LogP contribution is 2.24. The van der Waals surface area contributed by atoms with Gasteiger partial charge < -0.3 is 14.6 Å². The van der Waals surface area contributed by atoms with Gasteiger partial charge in [0.05, 0.1) is 18.1 Å². The summed E-state index contributed by atoms with van der Waals surface area (Å²) in [6, 6.07) is 6.21. The van der Waals surface area contributed by atoms with Crippen LogP contribution in [0.1, 0.15) is 32.0 Å². The average molecular weight is 287 g/mol. The molecule has 0 spiro atoms. The zero-order valence-corrected chi connectivity index (χ0v) is 13.1. The van der Waals surface area contributed by atoms with Crippen LogP contribution in [0.15, 0.2) is 18.2 Å². The maximum atomic E-state index is 5.32. The van der Waals surface area contributed by atoms with Gasteiger partial charge in [-0.2, -0.15) is 0 Å². The SMILES string of the molecule is CCCn1c(CCC2CCNC2)nc2cc(OC)ccc21. The van der Waals surface area contributed by atoms with Crippen molar-refractivity contribution in [3.05, 3.63) is 24.0 Å². The van der Waals surface area contributed by atoms with Gasteiger partial charge in [0.2, 0.25) is 0 Å². The molecule has 1 fully saturated rings. The number of methoxy groups -OCH3 is 1. The lowest BCUT2D eigenvalue weighted by molar-refractivity contribution is 0.415. The lowest BCUT2D eigenvalue weighted by atomic mass is 10.0. The predicted molar refractivity (Wildman–Crippen MR) is 85.9 cm³/mol. The summed E-state index contributed by atoms with van der Waals surface area (Å²) in [5, 5.41) is 3.45. The number of nitrogens with one attached hydrogen (secondary N) is 1. The van der Waals surface area contributed by atoms with E-state index in [1.54, 1.807) is 7.11 Å². The quantitative estimate of drug-likeness (QED) is 0.887. The second-order valence-corrected chi connectivity index (χ2v) is 5.93. The van der Waals surface area contributed by atoms with E-state index < -0.39 is 0 Å². The molecule has 1 aliphatic heterocycles. The zero-order chi connectivity index (χ0) is 14.7. The third-order valence-electron chi connectivity index (χ3n) is 4.42. The molecule has 0 radical (unpaired) electrons. The molecule has 3 rings (SSSR count). The van der Waals surface area contributed by atoms with Gasteiger partial charge in [0, 0.05) is 19.0 Å². The van der Waals surface area contributed by atoms with E-state index in [9.17, 15) is 0 Å². The highest BCUT2D eigenvalue weighted by atomic mass is 16.5. The molecule has 1 aliphatic rings. The van der Waals surface area contributed by atoms with Gasteiger partial charge >= 0.3 is 0 Å². The van der Waals surface area contributed by atoms with E-state index in [2.05, 4.69) is 22.9 Å². The Morgan fingerprint density at radius 2 is 2.33 bits per heavy atom. The molecule has 1 aromatic carbocycles. The fraction of sp³-hybridized carbons (Fsp3) is 0.588. The van der Waals surface area contributed by atoms with Gasteiger partial charge in [-0.25, -0.2) is 4.98 Å². The number of fused-ring (bicyclic) bond motifs is 1. The molecule has 2 aromatic rings. The number of ether oxygens (including phenoxy) is 1. The molecule has 1 unspecified atom stereocenters. The van der Waals surface area contributed by atoms with E-state index in [0.29, 0.717) is 0 Å². The maximum absolute atomic E-state index is 5.32. The molecule has 1 aromatic heterocycles. The highest BCUT2D eigenvalue weighted by molar-refractivity contribution is 5.77. The summed E-state index contributed by atoms with van der Waals surface area (Å²) in [5.41, 5.74) is 2.29. The Morgan fingerprint density at radius 3 is 3.05 bits per heavy atom. The smallest absolute Gasteiger partial charge is 0.121 e. The number of nitrogens with zero attached hydrogens (tertiary/aromatic N) is 2. The molecular formula is C17H25N3O. The van der Waals surface area contributed by atoms with E-state index in [1.807, 2.05) is 12.1 Å². The zero-order valence-electron chi connectivity index (χ0n) is 13.1. The fourth-order valence-electron chi connectivity index (χ4n) is 3.24. The van der Waals surface area contributed by atoms with Crippen LogP contribution in [0.5, 0.6) is 5.75 Å². The number of aryl methyl sites for hydroxylation is 2. The molecule has 1 saturated heterocycles. The summed E-state index contributed by atoms with van der Waals surface area (Å²) in [7, 11) is 1.71. The van der Waals surface area contributed by atoms with Crippen molar-refractivity contribution < 1.29 is 4.74 Å². The number of aromatic nitrogens is 2. The van der Waals surface area contributed by atoms with Crippen LogP contribution >= 0.6 is 0 Å². The largest absolute Gasteiger partial charge is 0.497 e. The van der Waals surface area contributed by atoms with E-state index in [0.717, 1.165) is 36.6 Å². The summed E-state index contributed by atoms with van der Waals surface area (Å²) >= 11 is 0. The predicted octanol–water partition coefficient (Wildman–Crippen LogP) is 3.00. The minimum Gasteiger partial charge on any atom is -0.497 e. The van der Waals surface area contributed by atoms with Crippen molar-refractivity contribution in [3.63, 3.8) is 0 Å². The van der Waals surface area contributed by atoms with Gasteiger partial charge in [0.15, 0.2) is 0 Å². The minimum absolute atomic E-state index is 0.814. The Labute approximate surface area is 126 Å². The lowest BCUT2D eigenvalue weighted by Crippen LogP contribution is -2.11. The number of rotatable bonds is 6. The normalized spacial score (nSPS) is 18.5. The molecule has 114 valence electrons. The molecule has 0 amide bonds. The monoisotopic (exact) mass is 287 g/mol. The van der Waals surface area contributed by atoms with Crippen LogP contribution in [0.3, 0.4) is 0 Å². The standard InChI is InChI=1S/C17H25N3O/c1-3-10-20-16-6-5-14(21-2)11-15(16)19-17(20)7-4-13-8-9-18-12-13/h5-6,11,13,18H,3-4,7-10,12H2,1-2H3. The first kappa shape index (κ1) is 14.4. The van der Waals surface area contributed by atoms with Crippen molar-refractivity contribution in [2.75, 3.05) is 20.2 Å². The molecule has 1 atom stereocenters. The number of benzene rings is 1. The van der Waals surface area contributed by atoms with Gasteiger partial charge in [0.25, 0.3) is 0 Å². The van der Waals surface area contributed by atoms with Crippen LogP contribution in [-0.2, 0) is 13.0 Å². The van der Waals surface area contributed by atoms with Gasteiger partial charge in [-0.1, -0.05) is 6.92 Å². The van der Waals surface area contributed by atoms with Crippen molar-refractivity contribution in [1.82, 2.24) is 14.9 Å². The van der Waals surface area contributed by atoms with Gasteiger partial charge in [-0.15, -0.1) is 0 Å². The molecule has 0 saturated carbocycles. The van der Waals surface area contributed by atoms with E-state index in [1.165, 1.54) is 37.3 Å². The summed E-state index contributed by atoms with van der Waals surface area (Å²) in [4.78, 5) is 4.86. The third-order valence-corrected chi connectivity index (χ3v) is 4.42. The Morgan fingerprint density at radius 1 is 1.43 bits per heavy atom. The second-order valence-electron chi connectivity index (χ2n) is 5.93. The summed E-state index contributed by atoms with van der Waals surface area (Å²) in [6.07, 6.45) is 4.75. The van der Waals surface area contributed by atoms with E-state index in [4.69, 9.17) is 9.72 Å². The van der Waals surface area contributed by atoms with Gasteiger partial charge in [0.1, 0.15) is 11.6 Å². The Bertz CT molecular complexity index is 599. The number of imidazole rings is 1. The Hall–Kier alpha value is -1.55. The molecule has 1 N–H and O–H groups in total. The van der Waals surface area contributed by atoms with Crippen molar-refractivity contribution in [3.8, 4) is 5.75 Å². The summed E-state index contributed by atoms with van der Waals surface area (Å²) in [6.45, 7) is 5.61. The Balaban J connectivity index is 1.86. The first-order valence-corrected chi connectivity index (χ1v) is 8.05. The maximum Gasteiger partial charge on any atom is 0.121 e. The minimum atomic E-state index is 0.814. The van der Waals surface area contributed by atoms with Gasteiger partial charge in [-0.05, 0) is 50.4 Å². The van der Waals surface area contributed by atoms with Crippen LogP contribution in [0.4, 0.5) is 0 Å². The van der Waals surface area contributed by atoms with E-state index >= 15 is 0 Å². The molecule has 0 aliphatic carbocycles. The van der Waals surface area contributed by atoms with Crippen LogP contribution in [0, 0.1) is 5.92 Å². The number of hydrogen-bond donors (Lipinski definition) is 1. The van der Waals surface area contributed by atoms with Crippen molar-refractivity contribution >= 4 is 11.0 Å². The average Bonchev–Trinajstić information content (AvgIpc) is 3.13. The first-order valence-electron chi connectivity index (χ1n) is 8.05. The first-order chi connectivity index (χ1) is 10.3. The third kappa shape index (κ3) is 3.05. The second kappa shape index (κ2) is 6.48. The van der Waals surface area contributed by atoms with Gasteiger partial charge in [-0.3, -0.25) is 0 Å². The molecule has 0 bridgehead atoms. The highest BCUT2D eigenvalue weighted by Gasteiger charge is 2.17. The molecule has 2 heterocycles. The molecular weight excluding hydrogens is 262 g/mol. The molecule has 4 heteroatoms. The van der Waals surface area contributed by atoms with E-state index in [-0.39, 0.29) is 0 Å². The fourth-order valence-corrected chi connectivity index (χ4v) is 3.24. The Kier molecular flexibility index (Phi) is 4.44. The van der Waals surface area contributed by atoms with Crippen molar-refractivity contribution in [2.24, 2.45) is 5.92 Å². The van der Waals surface area contributed by atoms with Crippen LogP contribution in [0.2, 0.25) is 0 Å². The summed E-state index contributed by atoms with van der Waals surface area (Å²) < 4.78 is 7.70. The van der Waals surface area contributed by atoms with Crippen LogP contribution < -0.4 is 10.1 Å². The van der Waals surface area contributed by atoms with Crippen LogP contribution in [-0.4, -0.2) is 29.8 Å². The summed E-state index contributed by atoms with van der Waals surface area (Å²) in [5.74, 6) is 2.93. The van der Waals surface area contributed by atoms with Crippen molar-refractivity contribution in [1.29, 1.82) is 0 Å².